The number of amides is 2. The lowest BCUT2D eigenvalue weighted by molar-refractivity contribution is -0.143. The molecule has 1 saturated carbocycles. The van der Waals surface area contributed by atoms with Gasteiger partial charge >= 0.3 is 12.4 Å². The number of aromatic nitrogens is 4. The molecule has 0 aliphatic heterocycles. The van der Waals surface area contributed by atoms with E-state index in [9.17, 15) is 35.9 Å². The molecule has 1 N–H and O–H groups in total. The third kappa shape index (κ3) is 5.73. The minimum Gasteiger partial charge on any atom is -0.344 e. The molecule has 1 unspecified atom stereocenters. The highest BCUT2D eigenvalue weighted by atomic mass is 19.4. The predicted molar refractivity (Wildman–Crippen MR) is 117 cm³/mol. The van der Waals surface area contributed by atoms with Gasteiger partial charge in [0.25, 0.3) is 11.8 Å². The summed E-state index contributed by atoms with van der Waals surface area (Å²) in [7, 11) is 1.68. The summed E-state index contributed by atoms with van der Waals surface area (Å²) >= 11 is 0. The molecule has 14 heteroatoms. The van der Waals surface area contributed by atoms with Crippen LogP contribution in [0.2, 0.25) is 0 Å². The third-order valence-corrected chi connectivity index (χ3v) is 5.78. The van der Waals surface area contributed by atoms with Crippen LogP contribution in [-0.4, -0.2) is 49.6 Å². The lowest BCUT2D eigenvalue weighted by Crippen LogP contribution is -2.29. The molecule has 0 radical (unpaired) electrons. The van der Waals surface area contributed by atoms with Gasteiger partial charge in [-0.25, -0.2) is 9.67 Å². The number of benzene rings is 1. The van der Waals surface area contributed by atoms with E-state index in [1.54, 1.807) is 11.9 Å². The molecule has 2 heterocycles. The van der Waals surface area contributed by atoms with Gasteiger partial charge in [0.15, 0.2) is 5.82 Å². The maximum atomic E-state index is 13.2. The fraction of sp³-hybridized carbons (Fsp3) is 0.348. The lowest BCUT2D eigenvalue weighted by atomic mass is 10.0. The van der Waals surface area contributed by atoms with Gasteiger partial charge < -0.3 is 10.2 Å². The van der Waals surface area contributed by atoms with Crippen molar-refractivity contribution in [1.82, 2.24) is 30.0 Å². The quantitative estimate of drug-likeness (QED) is 0.480. The van der Waals surface area contributed by atoms with Gasteiger partial charge in [0.2, 0.25) is 0 Å². The van der Waals surface area contributed by atoms with Crippen LogP contribution < -0.4 is 5.32 Å². The summed E-state index contributed by atoms with van der Waals surface area (Å²) in [6.07, 6.45) is -2.97. The summed E-state index contributed by atoms with van der Waals surface area (Å²) < 4.78 is 80.3. The van der Waals surface area contributed by atoms with Crippen molar-refractivity contribution in [3.05, 3.63) is 70.9 Å². The highest BCUT2D eigenvalue weighted by molar-refractivity contribution is 5.95. The van der Waals surface area contributed by atoms with Crippen LogP contribution in [0.15, 0.2) is 43.0 Å². The van der Waals surface area contributed by atoms with Crippen LogP contribution in [0.1, 0.15) is 63.3 Å². The Hall–Kier alpha value is -3.97. The Balaban J connectivity index is 1.59. The summed E-state index contributed by atoms with van der Waals surface area (Å²) in [4.78, 5) is 35.2. The van der Waals surface area contributed by atoms with Crippen molar-refractivity contribution in [3.63, 3.8) is 0 Å². The van der Waals surface area contributed by atoms with Gasteiger partial charge in [-0.15, -0.1) is 0 Å². The van der Waals surface area contributed by atoms with Gasteiger partial charge in [-0.1, -0.05) is 0 Å². The van der Waals surface area contributed by atoms with Crippen molar-refractivity contribution in [2.24, 2.45) is 0 Å². The Morgan fingerprint density at radius 2 is 1.59 bits per heavy atom. The second-order valence-corrected chi connectivity index (χ2v) is 8.58. The standard InChI is InChI=1S/C23H20F6N6O2/c1-12(33-20(36)13-7-15(22(24,25)26)9-16(8-13)23(27,28)29)18-19(31-6-5-30-18)35-11-14(10-32-35)21(37)34(2)17-3-4-17/h5-12,17H,3-4H2,1-2H3,(H,33,36). The maximum Gasteiger partial charge on any atom is 0.416 e. The van der Waals surface area contributed by atoms with Crippen LogP contribution in [0.4, 0.5) is 26.3 Å². The van der Waals surface area contributed by atoms with E-state index in [4.69, 9.17) is 0 Å². The molecular weight excluding hydrogens is 506 g/mol. The van der Waals surface area contributed by atoms with Gasteiger partial charge in [-0.3, -0.25) is 14.6 Å². The smallest absolute Gasteiger partial charge is 0.344 e. The van der Waals surface area contributed by atoms with E-state index in [0.717, 1.165) is 12.8 Å². The molecule has 2 amide bonds. The number of nitrogens with one attached hydrogen (secondary N) is 1. The number of carbonyl (C=O) groups excluding carboxylic acids is 2. The number of hydrogen-bond acceptors (Lipinski definition) is 5. The summed E-state index contributed by atoms with van der Waals surface area (Å²) in [6.45, 7) is 1.43. The summed E-state index contributed by atoms with van der Waals surface area (Å²) in [5.74, 6) is -1.31. The number of alkyl halides is 6. The molecule has 4 rings (SSSR count). The largest absolute Gasteiger partial charge is 0.416 e. The number of rotatable bonds is 6. The molecule has 1 aliphatic carbocycles. The van der Waals surface area contributed by atoms with Crippen LogP contribution in [0.3, 0.4) is 0 Å². The first kappa shape index (κ1) is 26.1. The topological polar surface area (TPSA) is 93.0 Å². The molecule has 0 bridgehead atoms. The van der Waals surface area contributed by atoms with Crippen LogP contribution in [0, 0.1) is 0 Å². The maximum absolute atomic E-state index is 13.2. The molecule has 0 spiro atoms. The van der Waals surface area contributed by atoms with E-state index in [0.29, 0.717) is 12.1 Å². The second-order valence-electron chi connectivity index (χ2n) is 8.58. The molecule has 3 aromatic rings. The van der Waals surface area contributed by atoms with Crippen LogP contribution in [0.25, 0.3) is 5.82 Å². The monoisotopic (exact) mass is 526 g/mol. The molecule has 37 heavy (non-hydrogen) atoms. The average Bonchev–Trinajstić information content (AvgIpc) is 3.58. The van der Waals surface area contributed by atoms with Crippen molar-refractivity contribution in [2.75, 3.05) is 7.05 Å². The van der Waals surface area contributed by atoms with Crippen LogP contribution in [0.5, 0.6) is 0 Å². The van der Waals surface area contributed by atoms with Gasteiger partial charge in [0.1, 0.15) is 5.69 Å². The Bertz CT molecular complexity index is 1300. The zero-order chi connectivity index (χ0) is 27.1. The molecule has 1 aliphatic rings. The van der Waals surface area contributed by atoms with Crippen molar-refractivity contribution < 1.29 is 35.9 Å². The van der Waals surface area contributed by atoms with Crippen molar-refractivity contribution in [2.45, 2.75) is 44.2 Å². The van der Waals surface area contributed by atoms with E-state index >= 15 is 0 Å². The molecule has 1 aromatic carbocycles. The summed E-state index contributed by atoms with van der Waals surface area (Å²) in [6, 6.07) is -0.199. The van der Waals surface area contributed by atoms with Gasteiger partial charge in [-0.2, -0.15) is 31.4 Å². The van der Waals surface area contributed by atoms with E-state index in [-0.39, 0.29) is 35.1 Å². The van der Waals surface area contributed by atoms with E-state index in [1.807, 2.05) is 0 Å². The second kappa shape index (κ2) is 9.48. The molecule has 196 valence electrons. The summed E-state index contributed by atoms with van der Waals surface area (Å²) in [5, 5.41) is 6.49. The highest BCUT2D eigenvalue weighted by Gasteiger charge is 2.38. The van der Waals surface area contributed by atoms with E-state index < -0.39 is 41.0 Å². The SMILES string of the molecule is CC(NC(=O)c1cc(C(F)(F)F)cc(C(F)(F)F)c1)c1nccnc1-n1cc(C(=O)N(C)C2CC2)cn1. The minimum absolute atomic E-state index is 0.0573. The van der Waals surface area contributed by atoms with Gasteiger partial charge in [-0.05, 0) is 38.0 Å². The zero-order valence-electron chi connectivity index (χ0n) is 19.4. The third-order valence-electron chi connectivity index (χ3n) is 5.78. The van der Waals surface area contributed by atoms with Crippen LogP contribution >= 0.6 is 0 Å². The normalized spacial score (nSPS) is 14.8. The molecule has 0 saturated heterocycles. The van der Waals surface area contributed by atoms with Crippen molar-refractivity contribution in [1.29, 1.82) is 0 Å². The number of hydrogen-bond donors (Lipinski definition) is 1. The predicted octanol–water partition coefficient (Wildman–Crippen LogP) is 4.43. The fourth-order valence-electron chi connectivity index (χ4n) is 3.64. The van der Waals surface area contributed by atoms with E-state index in [1.165, 1.54) is 36.4 Å². The number of carbonyl (C=O) groups is 2. The Morgan fingerprint density at radius 3 is 2.16 bits per heavy atom. The molecular formula is C23H20F6N6O2. The first-order chi connectivity index (χ1) is 17.3. The lowest BCUT2D eigenvalue weighted by Gasteiger charge is -2.18. The Kier molecular flexibility index (Phi) is 6.69. The molecule has 8 nitrogen and oxygen atoms in total. The fourth-order valence-corrected chi connectivity index (χ4v) is 3.64. The Labute approximate surface area is 206 Å². The molecule has 2 aromatic heterocycles. The number of halogens is 6. The highest BCUT2D eigenvalue weighted by Crippen LogP contribution is 2.36. The minimum atomic E-state index is -5.09. The first-order valence-corrected chi connectivity index (χ1v) is 11.0. The van der Waals surface area contributed by atoms with Crippen LogP contribution in [-0.2, 0) is 12.4 Å². The average molecular weight is 526 g/mol. The van der Waals surface area contributed by atoms with Crippen molar-refractivity contribution >= 4 is 11.8 Å². The Morgan fingerprint density at radius 1 is 1.00 bits per heavy atom. The first-order valence-electron chi connectivity index (χ1n) is 11.0. The molecule has 1 fully saturated rings. The van der Waals surface area contributed by atoms with Gasteiger partial charge in [0.05, 0.1) is 28.9 Å². The molecule has 1 atom stereocenters. The van der Waals surface area contributed by atoms with E-state index in [2.05, 4.69) is 20.4 Å². The summed E-state index contributed by atoms with van der Waals surface area (Å²) in [5.41, 5.74) is -3.63. The van der Waals surface area contributed by atoms with Crippen molar-refractivity contribution in [3.8, 4) is 5.82 Å². The zero-order valence-corrected chi connectivity index (χ0v) is 19.4. The number of nitrogens with zero attached hydrogens (tertiary/aromatic N) is 5. The van der Waals surface area contributed by atoms with Gasteiger partial charge in [0, 0.05) is 37.2 Å².